The van der Waals surface area contributed by atoms with E-state index in [1.54, 1.807) is 0 Å². The summed E-state index contributed by atoms with van der Waals surface area (Å²) in [5, 5.41) is 0. The minimum atomic E-state index is 0.556. The first-order valence-corrected chi connectivity index (χ1v) is 3.50. The van der Waals surface area contributed by atoms with E-state index >= 15 is 0 Å². The first-order chi connectivity index (χ1) is 4.85. The van der Waals surface area contributed by atoms with Crippen molar-refractivity contribution in [3.05, 3.63) is 25.3 Å². The standard InChI is InChI=1S/C10H14/c1-4-7-10(8-5-2)9-6-3/h1,5-6,10H,2-3,7-9H2. The highest BCUT2D eigenvalue weighted by Crippen LogP contribution is 2.12. The van der Waals surface area contributed by atoms with Crippen molar-refractivity contribution >= 4 is 0 Å². The van der Waals surface area contributed by atoms with Gasteiger partial charge in [-0.2, -0.15) is 0 Å². The molecule has 0 aliphatic carbocycles. The molecule has 0 fully saturated rings. The molecular formula is C10H14. The van der Waals surface area contributed by atoms with Crippen LogP contribution in [-0.4, -0.2) is 0 Å². The van der Waals surface area contributed by atoms with Gasteiger partial charge in [-0.1, -0.05) is 12.2 Å². The summed E-state index contributed by atoms with van der Waals surface area (Å²) in [5.41, 5.74) is 0. The van der Waals surface area contributed by atoms with Gasteiger partial charge in [0.15, 0.2) is 0 Å². The van der Waals surface area contributed by atoms with Gasteiger partial charge in [-0.25, -0.2) is 0 Å². The van der Waals surface area contributed by atoms with E-state index in [-0.39, 0.29) is 0 Å². The first kappa shape index (κ1) is 9.04. The predicted octanol–water partition coefficient (Wildman–Crippen LogP) is 2.78. The third-order valence-corrected chi connectivity index (χ3v) is 1.41. The molecule has 0 heteroatoms. The summed E-state index contributed by atoms with van der Waals surface area (Å²) < 4.78 is 0. The monoisotopic (exact) mass is 134 g/mol. The van der Waals surface area contributed by atoms with Crippen LogP contribution in [0.2, 0.25) is 0 Å². The van der Waals surface area contributed by atoms with Crippen molar-refractivity contribution in [1.82, 2.24) is 0 Å². The van der Waals surface area contributed by atoms with Gasteiger partial charge in [0.25, 0.3) is 0 Å². The van der Waals surface area contributed by atoms with E-state index in [2.05, 4.69) is 19.1 Å². The van der Waals surface area contributed by atoms with Crippen LogP contribution in [0.3, 0.4) is 0 Å². The molecule has 0 unspecified atom stereocenters. The van der Waals surface area contributed by atoms with Gasteiger partial charge in [0.05, 0.1) is 0 Å². The van der Waals surface area contributed by atoms with Gasteiger partial charge in [-0.05, 0) is 18.8 Å². The van der Waals surface area contributed by atoms with Crippen LogP contribution in [-0.2, 0) is 0 Å². The van der Waals surface area contributed by atoms with Crippen LogP contribution in [0.1, 0.15) is 19.3 Å². The minimum Gasteiger partial charge on any atom is -0.120 e. The second kappa shape index (κ2) is 6.16. The van der Waals surface area contributed by atoms with Crippen LogP contribution in [0.5, 0.6) is 0 Å². The quantitative estimate of drug-likeness (QED) is 0.400. The Labute approximate surface area is 63.6 Å². The molecule has 0 nitrogen and oxygen atoms in total. The van der Waals surface area contributed by atoms with Crippen LogP contribution >= 0.6 is 0 Å². The maximum absolute atomic E-state index is 5.17. The average Bonchev–Trinajstić information content (AvgIpc) is 1.90. The zero-order chi connectivity index (χ0) is 7.82. The van der Waals surface area contributed by atoms with Crippen molar-refractivity contribution in [3.63, 3.8) is 0 Å². The highest BCUT2D eigenvalue weighted by atomic mass is 14.0. The van der Waals surface area contributed by atoms with Gasteiger partial charge in [-0.15, -0.1) is 25.5 Å². The van der Waals surface area contributed by atoms with Crippen LogP contribution in [0.15, 0.2) is 25.3 Å². The average molecular weight is 134 g/mol. The Hall–Kier alpha value is -0.960. The topological polar surface area (TPSA) is 0 Å². The van der Waals surface area contributed by atoms with Crippen LogP contribution in [0, 0.1) is 18.3 Å². The molecule has 0 saturated heterocycles. The molecule has 54 valence electrons. The molecule has 0 bridgehead atoms. The molecule has 0 saturated carbocycles. The van der Waals surface area contributed by atoms with Crippen molar-refractivity contribution in [2.75, 3.05) is 0 Å². The number of terminal acetylenes is 1. The Kier molecular flexibility index (Phi) is 5.57. The van der Waals surface area contributed by atoms with Crippen molar-refractivity contribution in [2.45, 2.75) is 19.3 Å². The van der Waals surface area contributed by atoms with Crippen molar-refractivity contribution < 1.29 is 0 Å². The Morgan fingerprint density at radius 1 is 1.30 bits per heavy atom. The molecule has 0 amide bonds. The Morgan fingerprint density at radius 2 is 1.80 bits per heavy atom. The van der Waals surface area contributed by atoms with Gasteiger partial charge < -0.3 is 0 Å². The Balaban J connectivity index is 3.61. The Morgan fingerprint density at radius 3 is 2.10 bits per heavy atom. The molecule has 0 radical (unpaired) electrons. The summed E-state index contributed by atoms with van der Waals surface area (Å²) >= 11 is 0. The van der Waals surface area contributed by atoms with Crippen molar-refractivity contribution in [3.8, 4) is 12.3 Å². The number of allylic oxidation sites excluding steroid dienone is 2. The van der Waals surface area contributed by atoms with Crippen molar-refractivity contribution in [1.29, 1.82) is 0 Å². The summed E-state index contributed by atoms with van der Waals surface area (Å²) in [5.74, 6) is 3.20. The van der Waals surface area contributed by atoms with Crippen LogP contribution in [0.25, 0.3) is 0 Å². The fourth-order valence-corrected chi connectivity index (χ4v) is 0.901. The van der Waals surface area contributed by atoms with Crippen molar-refractivity contribution in [2.24, 2.45) is 5.92 Å². The van der Waals surface area contributed by atoms with Crippen LogP contribution in [0.4, 0.5) is 0 Å². The zero-order valence-electron chi connectivity index (χ0n) is 6.34. The van der Waals surface area contributed by atoms with E-state index in [9.17, 15) is 0 Å². The summed E-state index contributed by atoms with van der Waals surface area (Å²) in [6.07, 6.45) is 11.8. The van der Waals surface area contributed by atoms with Gasteiger partial charge in [0.1, 0.15) is 0 Å². The smallest absolute Gasteiger partial charge is 0.0120 e. The lowest BCUT2D eigenvalue weighted by Crippen LogP contribution is -1.94. The molecule has 0 spiro atoms. The van der Waals surface area contributed by atoms with Gasteiger partial charge in [-0.3, -0.25) is 0 Å². The fraction of sp³-hybridized carbons (Fsp3) is 0.400. The van der Waals surface area contributed by atoms with E-state index in [0.29, 0.717) is 5.92 Å². The summed E-state index contributed by atoms with van der Waals surface area (Å²) in [7, 11) is 0. The number of rotatable bonds is 5. The van der Waals surface area contributed by atoms with Gasteiger partial charge >= 0.3 is 0 Å². The second-order valence-electron chi connectivity index (χ2n) is 2.32. The third kappa shape index (κ3) is 3.97. The molecular weight excluding hydrogens is 120 g/mol. The maximum atomic E-state index is 5.17. The molecule has 0 aliphatic heterocycles. The van der Waals surface area contributed by atoms with E-state index in [1.165, 1.54) is 0 Å². The molecule has 0 aromatic carbocycles. The molecule has 0 rings (SSSR count). The molecule has 10 heavy (non-hydrogen) atoms. The lowest BCUT2D eigenvalue weighted by molar-refractivity contribution is 0.560. The molecule has 0 aliphatic rings. The van der Waals surface area contributed by atoms with E-state index < -0.39 is 0 Å². The molecule has 0 aromatic heterocycles. The number of hydrogen-bond acceptors (Lipinski definition) is 0. The Bertz CT molecular complexity index is 127. The van der Waals surface area contributed by atoms with E-state index in [0.717, 1.165) is 19.3 Å². The second-order valence-corrected chi connectivity index (χ2v) is 2.32. The number of hydrogen-bond donors (Lipinski definition) is 0. The highest BCUT2D eigenvalue weighted by Gasteiger charge is 2.00. The van der Waals surface area contributed by atoms with Crippen LogP contribution < -0.4 is 0 Å². The fourth-order valence-electron chi connectivity index (χ4n) is 0.901. The molecule has 0 N–H and O–H groups in total. The SMILES string of the molecule is C#CCC(CC=C)CC=C. The third-order valence-electron chi connectivity index (χ3n) is 1.41. The minimum absolute atomic E-state index is 0.556. The first-order valence-electron chi connectivity index (χ1n) is 3.50. The maximum Gasteiger partial charge on any atom is 0.0120 e. The van der Waals surface area contributed by atoms with E-state index in [4.69, 9.17) is 6.42 Å². The predicted molar refractivity (Wildman–Crippen MR) is 46.6 cm³/mol. The lowest BCUT2D eigenvalue weighted by atomic mass is 9.98. The summed E-state index contributed by atoms with van der Waals surface area (Å²) in [4.78, 5) is 0. The zero-order valence-corrected chi connectivity index (χ0v) is 6.34. The van der Waals surface area contributed by atoms with E-state index in [1.807, 2.05) is 12.2 Å². The summed E-state index contributed by atoms with van der Waals surface area (Å²) in [6, 6.07) is 0. The van der Waals surface area contributed by atoms with Gasteiger partial charge in [0.2, 0.25) is 0 Å². The van der Waals surface area contributed by atoms with Gasteiger partial charge in [0, 0.05) is 6.42 Å². The highest BCUT2D eigenvalue weighted by molar-refractivity contribution is 4.91. The summed E-state index contributed by atoms with van der Waals surface area (Å²) in [6.45, 7) is 7.32. The molecule has 0 aromatic rings. The normalized spacial score (nSPS) is 8.80. The molecule has 0 heterocycles. The largest absolute Gasteiger partial charge is 0.120 e. The lowest BCUT2D eigenvalue weighted by Gasteiger charge is -2.06. The molecule has 0 atom stereocenters.